The third-order valence-corrected chi connectivity index (χ3v) is 4.71. The van der Waals surface area contributed by atoms with E-state index in [9.17, 15) is 0 Å². The maximum absolute atomic E-state index is 6.04. The molecule has 0 bridgehead atoms. The minimum absolute atomic E-state index is 0.576. The van der Waals surface area contributed by atoms with Gasteiger partial charge in [-0.05, 0) is 55.9 Å². The van der Waals surface area contributed by atoms with Gasteiger partial charge in [0.1, 0.15) is 0 Å². The van der Waals surface area contributed by atoms with Crippen LogP contribution in [-0.2, 0) is 0 Å². The van der Waals surface area contributed by atoms with Gasteiger partial charge in [-0.15, -0.1) is 0 Å². The second-order valence-electron chi connectivity index (χ2n) is 6.25. The topological polar surface area (TPSA) is 50.9 Å². The van der Waals surface area contributed by atoms with Crippen molar-refractivity contribution in [3.63, 3.8) is 0 Å². The first-order valence-electron chi connectivity index (χ1n) is 8.17. The largest absolute Gasteiger partial charge is 0.398 e. The summed E-state index contributed by atoms with van der Waals surface area (Å²) in [5, 5.41) is 4.74. The lowest BCUT2D eigenvalue weighted by molar-refractivity contribution is 0.319. The van der Waals surface area contributed by atoms with Crippen molar-refractivity contribution in [2.75, 3.05) is 11.1 Å². The zero-order valence-corrected chi connectivity index (χ0v) is 12.8. The predicted octanol–water partition coefficient (Wildman–Crippen LogP) is 4.59. The van der Waals surface area contributed by atoms with E-state index in [-0.39, 0.29) is 0 Å². The first kappa shape index (κ1) is 14.2. The van der Waals surface area contributed by atoms with Crippen LogP contribution >= 0.6 is 0 Å². The van der Waals surface area contributed by atoms with Gasteiger partial charge in [-0.1, -0.05) is 19.8 Å². The number of pyridine rings is 1. The fraction of sp³-hybridized carbons (Fsp3) is 0.500. The van der Waals surface area contributed by atoms with Crippen LogP contribution in [0.15, 0.2) is 30.5 Å². The van der Waals surface area contributed by atoms with E-state index in [2.05, 4.69) is 23.3 Å². The van der Waals surface area contributed by atoms with E-state index in [1.54, 1.807) is 0 Å². The molecule has 3 nitrogen and oxygen atoms in total. The maximum Gasteiger partial charge on any atom is 0.0953 e. The Morgan fingerprint density at radius 1 is 1.19 bits per heavy atom. The summed E-state index contributed by atoms with van der Waals surface area (Å²) in [5.41, 5.74) is 8.96. The lowest BCUT2D eigenvalue weighted by atomic mass is 9.83. The summed E-state index contributed by atoms with van der Waals surface area (Å²) < 4.78 is 0. The van der Waals surface area contributed by atoms with Crippen molar-refractivity contribution < 1.29 is 0 Å². The van der Waals surface area contributed by atoms with Gasteiger partial charge in [-0.3, -0.25) is 4.98 Å². The number of hydrogen-bond donors (Lipinski definition) is 2. The maximum atomic E-state index is 6.04. The van der Waals surface area contributed by atoms with Gasteiger partial charge in [0.05, 0.1) is 11.2 Å². The van der Waals surface area contributed by atoms with E-state index in [0.29, 0.717) is 6.04 Å². The van der Waals surface area contributed by atoms with Crippen LogP contribution in [0.4, 0.5) is 11.4 Å². The number of nitrogens with zero attached hydrogens (tertiary/aromatic N) is 1. The molecule has 3 rings (SSSR count). The zero-order valence-electron chi connectivity index (χ0n) is 12.8. The number of hydrogen-bond acceptors (Lipinski definition) is 3. The van der Waals surface area contributed by atoms with Crippen LogP contribution in [0.1, 0.15) is 45.4 Å². The molecule has 0 atom stereocenters. The second kappa shape index (κ2) is 6.33. The molecular formula is C18H25N3. The highest BCUT2D eigenvalue weighted by Gasteiger charge is 2.21. The van der Waals surface area contributed by atoms with Crippen molar-refractivity contribution in [3.8, 4) is 0 Å². The van der Waals surface area contributed by atoms with Crippen LogP contribution in [0.3, 0.4) is 0 Å². The fourth-order valence-corrected chi connectivity index (χ4v) is 3.53. The van der Waals surface area contributed by atoms with Crippen LogP contribution in [0.25, 0.3) is 10.9 Å². The van der Waals surface area contributed by atoms with Crippen molar-refractivity contribution >= 4 is 22.3 Å². The third kappa shape index (κ3) is 3.12. The molecule has 0 radical (unpaired) electrons. The molecule has 1 aromatic carbocycles. The normalized spacial score (nSPS) is 22.3. The van der Waals surface area contributed by atoms with Crippen molar-refractivity contribution in [1.82, 2.24) is 4.98 Å². The Balaban J connectivity index is 1.73. The Bertz CT molecular complexity index is 600. The summed E-state index contributed by atoms with van der Waals surface area (Å²) in [4.78, 5) is 4.51. The Morgan fingerprint density at radius 2 is 2.00 bits per heavy atom. The van der Waals surface area contributed by atoms with Crippen molar-refractivity contribution in [2.24, 2.45) is 5.92 Å². The number of anilines is 2. The molecule has 1 fully saturated rings. The standard InChI is InChI=1S/C18H25N3/c1-2-4-13-6-8-14(9-7-13)21-17-11-10-16(19)15-5-3-12-20-18(15)17/h3,5,10-14,21H,2,4,6-9,19H2,1H3. The summed E-state index contributed by atoms with van der Waals surface area (Å²) >= 11 is 0. The molecule has 3 heteroatoms. The Kier molecular flexibility index (Phi) is 4.28. The molecule has 1 aromatic heterocycles. The Hall–Kier alpha value is -1.77. The molecule has 21 heavy (non-hydrogen) atoms. The van der Waals surface area contributed by atoms with Gasteiger partial charge >= 0.3 is 0 Å². The van der Waals surface area contributed by atoms with Crippen molar-refractivity contribution in [2.45, 2.75) is 51.5 Å². The number of nitrogens with two attached hydrogens (primary N) is 1. The van der Waals surface area contributed by atoms with Crippen LogP contribution in [-0.4, -0.2) is 11.0 Å². The van der Waals surface area contributed by atoms with E-state index in [4.69, 9.17) is 5.73 Å². The predicted molar refractivity (Wildman–Crippen MR) is 90.4 cm³/mol. The summed E-state index contributed by atoms with van der Waals surface area (Å²) in [6.07, 6.45) is 9.78. The van der Waals surface area contributed by atoms with E-state index in [1.807, 2.05) is 24.4 Å². The lowest BCUT2D eigenvalue weighted by Gasteiger charge is -2.30. The molecule has 1 aliphatic carbocycles. The number of fused-ring (bicyclic) bond motifs is 1. The number of rotatable bonds is 4. The average molecular weight is 283 g/mol. The smallest absolute Gasteiger partial charge is 0.0953 e. The van der Waals surface area contributed by atoms with Crippen LogP contribution < -0.4 is 11.1 Å². The van der Waals surface area contributed by atoms with Gasteiger partial charge in [0.2, 0.25) is 0 Å². The first-order valence-corrected chi connectivity index (χ1v) is 8.17. The van der Waals surface area contributed by atoms with Gasteiger partial charge in [0.25, 0.3) is 0 Å². The third-order valence-electron chi connectivity index (χ3n) is 4.71. The summed E-state index contributed by atoms with van der Waals surface area (Å²) in [6.45, 7) is 2.29. The quantitative estimate of drug-likeness (QED) is 0.807. The fourth-order valence-electron chi connectivity index (χ4n) is 3.53. The zero-order chi connectivity index (χ0) is 14.7. The molecule has 1 saturated carbocycles. The van der Waals surface area contributed by atoms with E-state index < -0.39 is 0 Å². The Labute approximate surface area is 127 Å². The molecule has 1 heterocycles. The minimum Gasteiger partial charge on any atom is -0.398 e. The van der Waals surface area contributed by atoms with Crippen LogP contribution in [0, 0.1) is 5.92 Å². The Morgan fingerprint density at radius 3 is 2.76 bits per heavy atom. The molecule has 2 aromatic rings. The number of nitrogens with one attached hydrogen (secondary N) is 1. The second-order valence-corrected chi connectivity index (χ2v) is 6.25. The van der Waals surface area contributed by atoms with Crippen LogP contribution in [0.5, 0.6) is 0 Å². The number of nitrogen functional groups attached to an aromatic ring is 1. The van der Waals surface area contributed by atoms with Gasteiger partial charge in [-0.25, -0.2) is 0 Å². The minimum atomic E-state index is 0.576. The average Bonchev–Trinajstić information content (AvgIpc) is 2.52. The van der Waals surface area contributed by atoms with Crippen molar-refractivity contribution in [1.29, 1.82) is 0 Å². The highest BCUT2D eigenvalue weighted by Crippen LogP contribution is 2.32. The highest BCUT2D eigenvalue weighted by atomic mass is 14.9. The number of benzene rings is 1. The molecule has 0 aliphatic heterocycles. The van der Waals surface area contributed by atoms with Crippen molar-refractivity contribution in [3.05, 3.63) is 30.5 Å². The highest BCUT2D eigenvalue weighted by molar-refractivity contribution is 5.98. The first-order chi connectivity index (χ1) is 10.3. The molecule has 0 spiro atoms. The van der Waals surface area contributed by atoms with Gasteiger partial charge in [0.15, 0.2) is 0 Å². The van der Waals surface area contributed by atoms with Crippen LogP contribution in [0.2, 0.25) is 0 Å². The molecule has 112 valence electrons. The summed E-state index contributed by atoms with van der Waals surface area (Å²) in [6, 6.07) is 8.61. The van der Waals surface area contributed by atoms with Gasteiger partial charge < -0.3 is 11.1 Å². The molecule has 3 N–H and O–H groups in total. The van der Waals surface area contributed by atoms with E-state index >= 15 is 0 Å². The molecule has 0 saturated heterocycles. The lowest BCUT2D eigenvalue weighted by Crippen LogP contribution is -2.26. The molecular weight excluding hydrogens is 258 g/mol. The molecule has 1 aliphatic rings. The monoisotopic (exact) mass is 283 g/mol. The van der Waals surface area contributed by atoms with E-state index in [1.165, 1.54) is 38.5 Å². The molecule has 0 unspecified atom stereocenters. The van der Waals surface area contributed by atoms with Gasteiger partial charge in [0, 0.05) is 23.3 Å². The summed E-state index contributed by atoms with van der Waals surface area (Å²) in [5.74, 6) is 0.939. The SMILES string of the molecule is CCCC1CCC(Nc2ccc(N)c3cccnc23)CC1. The number of aromatic nitrogens is 1. The van der Waals surface area contributed by atoms with E-state index in [0.717, 1.165) is 28.2 Å². The van der Waals surface area contributed by atoms with Gasteiger partial charge in [-0.2, -0.15) is 0 Å². The molecule has 0 amide bonds. The summed E-state index contributed by atoms with van der Waals surface area (Å²) in [7, 11) is 0.